The average Bonchev–Trinajstić information content (AvgIpc) is 3.11. The molecule has 0 saturated carbocycles. The molecule has 1 N–H and O–H groups in total. The number of furan rings is 1. The molecular weight excluding hydrogens is 438 g/mol. The molecule has 0 spiro atoms. The molecular formula is C25H39N3O4S. The first-order valence-electron chi connectivity index (χ1n) is 12.1. The highest BCUT2D eigenvalue weighted by molar-refractivity contribution is 7.89. The molecule has 3 rings (SSSR count). The van der Waals surface area contributed by atoms with Crippen LogP contribution in [0.2, 0.25) is 0 Å². The molecule has 8 heteroatoms. The van der Waals surface area contributed by atoms with Crippen molar-refractivity contribution in [1.29, 1.82) is 0 Å². The number of piperidine rings is 1. The minimum atomic E-state index is -3.60. The summed E-state index contributed by atoms with van der Waals surface area (Å²) < 4.78 is 34.0. The number of carbonyl (C=O) groups is 1. The van der Waals surface area contributed by atoms with Gasteiger partial charge in [-0.15, -0.1) is 0 Å². The van der Waals surface area contributed by atoms with Crippen molar-refractivity contribution in [2.24, 2.45) is 17.8 Å². The van der Waals surface area contributed by atoms with E-state index in [1.165, 1.54) is 0 Å². The van der Waals surface area contributed by atoms with Gasteiger partial charge in [0, 0.05) is 37.1 Å². The van der Waals surface area contributed by atoms with Crippen LogP contribution in [0.4, 0.5) is 0 Å². The number of carbonyl (C=O) groups excluding carboxylic acids is 1. The SMILES string of the molecule is CCN(CC)C[C@H](C)CNC(=O)c1oc2ccc(S(=O)(=O)N3C[C@@H](C)C[C@H](C)C3)cc2c1C. The molecule has 1 aliphatic rings. The van der Waals surface area contributed by atoms with Crippen LogP contribution < -0.4 is 5.32 Å². The number of nitrogens with zero attached hydrogens (tertiary/aromatic N) is 2. The van der Waals surface area contributed by atoms with Gasteiger partial charge < -0.3 is 14.6 Å². The van der Waals surface area contributed by atoms with Gasteiger partial charge in [0.2, 0.25) is 10.0 Å². The van der Waals surface area contributed by atoms with E-state index < -0.39 is 10.0 Å². The van der Waals surface area contributed by atoms with Crippen LogP contribution in [0.5, 0.6) is 0 Å². The predicted octanol–water partition coefficient (Wildman–Crippen LogP) is 4.12. The third kappa shape index (κ3) is 5.78. The van der Waals surface area contributed by atoms with Gasteiger partial charge in [-0.05, 0) is 62.4 Å². The Balaban J connectivity index is 1.78. The Labute approximate surface area is 198 Å². The molecule has 33 heavy (non-hydrogen) atoms. The monoisotopic (exact) mass is 477 g/mol. The van der Waals surface area contributed by atoms with Crippen LogP contribution in [0.25, 0.3) is 11.0 Å². The molecule has 0 aliphatic carbocycles. The highest BCUT2D eigenvalue weighted by Crippen LogP contribution is 2.31. The van der Waals surface area contributed by atoms with Crippen molar-refractivity contribution in [1.82, 2.24) is 14.5 Å². The summed E-state index contributed by atoms with van der Waals surface area (Å²) in [4.78, 5) is 15.4. The molecule has 0 radical (unpaired) electrons. The molecule has 3 atom stereocenters. The standard InChI is InChI=1S/C25H39N3O4S/c1-7-27(8-2)14-19(5)13-26-25(29)24-20(6)22-12-21(9-10-23(22)32-24)33(30,31)28-15-17(3)11-18(4)16-28/h9-10,12,17-19H,7-8,11,13-16H2,1-6H3,(H,26,29)/t17-,18-,19+/m0/s1. The van der Waals surface area contributed by atoms with Gasteiger partial charge in [-0.1, -0.05) is 34.6 Å². The lowest BCUT2D eigenvalue weighted by molar-refractivity contribution is 0.0918. The Morgan fingerprint density at radius 2 is 1.85 bits per heavy atom. The fourth-order valence-corrected chi connectivity index (χ4v) is 6.57. The number of sulfonamides is 1. The van der Waals surface area contributed by atoms with E-state index in [4.69, 9.17) is 4.42 Å². The summed E-state index contributed by atoms with van der Waals surface area (Å²) in [6.45, 7) is 16.9. The van der Waals surface area contributed by atoms with Crippen molar-refractivity contribution in [2.45, 2.75) is 52.9 Å². The molecule has 1 amide bonds. The van der Waals surface area contributed by atoms with Crippen molar-refractivity contribution < 1.29 is 17.6 Å². The van der Waals surface area contributed by atoms with Crippen molar-refractivity contribution >= 4 is 26.9 Å². The first kappa shape index (κ1) is 25.7. The van der Waals surface area contributed by atoms with Crippen LogP contribution >= 0.6 is 0 Å². The first-order valence-corrected chi connectivity index (χ1v) is 13.5. The second-order valence-corrected chi connectivity index (χ2v) is 11.7. The second-order valence-electron chi connectivity index (χ2n) is 9.78. The Bertz CT molecular complexity index is 1060. The fourth-order valence-electron chi connectivity index (χ4n) is 4.86. The molecule has 1 aromatic heterocycles. The molecule has 1 fully saturated rings. The van der Waals surface area contributed by atoms with Crippen molar-refractivity contribution in [3.05, 3.63) is 29.5 Å². The molecule has 7 nitrogen and oxygen atoms in total. The molecule has 0 unspecified atom stereocenters. The zero-order valence-corrected chi connectivity index (χ0v) is 21.7. The van der Waals surface area contributed by atoms with Crippen LogP contribution in [0.15, 0.2) is 27.5 Å². The van der Waals surface area contributed by atoms with Crippen LogP contribution in [0.3, 0.4) is 0 Å². The van der Waals surface area contributed by atoms with Crippen LogP contribution in [0, 0.1) is 24.7 Å². The van der Waals surface area contributed by atoms with E-state index in [-0.39, 0.29) is 16.6 Å². The third-order valence-corrected chi connectivity index (χ3v) is 8.49. The van der Waals surface area contributed by atoms with Crippen molar-refractivity contribution in [2.75, 3.05) is 39.3 Å². The maximum atomic E-state index is 13.3. The lowest BCUT2D eigenvalue weighted by atomic mass is 9.94. The molecule has 1 saturated heterocycles. The Morgan fingerprint density at radius 1 is 1.21 bits per heavy atom. The number of fused-ring (bicyclic) bond motifs is 1. The van der Waals surface area contributed by atoms with Gasteiger partial charge >= 0.3 is 0 Å². The zero-order valence-electron chi connectivity index (χ0n) is 20.8. The van der Waals surface area contributed by atoms with Gasteiger partial charge in [0.15, 0.2) is 5.76 Å². The molecule has 1 aliphatic heterocycles. The lowest BCUT2D eigenvalue weighted by Gasteiger charge is -2.34. The number of amides is 1. The minimum absolute atomic E-state index is 0.245. The zero-order chi connectivity index (χ0) is 24.3. The fraction of sp³-hybridized carbons (Fsp3) is 0.640. The number of rotatable bonds is 9. The molecule has 2 aromatic rings. The maximum Gasteiger partial charge on any atom is 0.287 e. The third-order valence-electron chi connectivity index (χ3n) is 6.66. The van der Waals surface area contributed by atoms with Gasteiger partial charge in [0.1, 0.15) is 5.58 Å². The summed E-state index contributed by atoms with van der Waals surface area (Å²) in [5.74, 6) is 0.960. The largest absolute Gasteiger partial charge is 0.451 e. The van der Waals surface area contributed by atoms with Gasteiger partial charge in [0.25, 0.3) is 5.91 Å². The first-order chi connectivity index (χ1) is 15.6. The molecule has 1 aromatic carbocycles. The van der Waals surface area contributed by atoms with E-state index in [0.29, 0.717) is 53.9 Å². The van der Waals surface area contributed by atoms with Gasteiger partial charge in [-0.3, -0.25) is 4.79 Å². The smallest absolute Gasteiger partial charge is 0.287 e. The molecule has 2 heterocycles. The number of hydrogen-bond donors (Lipinski definition) is 1. The van der Waals surface area contributed by atoms with E-state index in [9.17, 15) is 13.2 Å². The van der Waals surface area contributed by atoms with Gasteiger partial charge in [-0.25, -0.2) is 8.42 Å². The topological polar surface area (TPSA) is 82.9 Å². The predicted molar refractivity (Wildman–Crippen MR) is 132 cm³/mol. The summed E-state index contributed by atoms with van der Waals surface area (Å²) in [5, 5.41) is 3.64. The summed E-state index contributed by atoms with van der Waals surface area (Å²) in [6, 6.07) is 4.89. The number of aryl methyl sites for hydroxylation is 1. The van der Waals surface area contributed by atoms with E-state index in [0.717, 1.165) is 26.1 Å². The highest BCUT2D eigenvalue weighted by Gasteiger charge is 2.32. The normalized spacial score (nSPS) is 20.9. The van der Waals surface area contributed by atoms with E-state index in [2.05, 4.69) is 44.8 Å². The van der Waals surface area contributed by atoms with Crippen LogP contribution in [-0.4, -0.2) is 62.8 Å². The quantitative estimate of drug-likeness (QED) is 0.588. The Kier molecular flexibility index (Phi) is 8.24. The Morgan fingerprint density at radius 3 is 2.45 bits per heavy atom. The number of benzene rings is 1. The van der Waals surface area contributed by atoms with E-state index >= 15 is 0 Å². The van der Waals surface area contributed by atoms with E-state index in [1.807, 2.05) is 6.92 Å². The molecule has 0 bridgehead atoms. The maximum absolute atomic E-state index is 13.3. The summed E-state index contributed by atoms with van der Waals surface area (Å²) >= 11 is 0. The number of hydrogen-bond acceptors (Lipinski definition) is 5. The van der Waals surface area contributed by atoms with Crippen LogP contribution in [-0.2, 0) is 10.0 Å². The van der Waals surface area contributed by atoms with Crippen molar-refractivity contribution in [3.8, 4) is 0 Å². The van der Waals surface area contributed by atoms with Crippen LogP contribution in [0.1, 0.15) is 57.2 Å². The van der Waals surface area contributed by atoms with Gasteiger partial charge in [0.05, 0.1) is 4.90 Å². The summed E-state index contributed by atoms with van der Waals surface area (Å²) in [7, 11) is -3.60. The average molecular weight is 478 g/mol. The minimum Gasteiger partial charge on any atom is -0.451 e. The molecule has 184 valence electrons. The van der Waals surface area contributed by atoms with Crippen molar-refractivity contribution in [3.63, 3.8) is 0 Å². The summed E-state index contributed by atoms with van der Waals surface area (Å²) in [6.07, 6.45) is 1.04. The highest BCUT2D eigenvalue weighted by atomic mass is 32.2. The van der Waals surface area contributed by atoms with Gasteiger partial charge in [-0.2, -0.15) is 4.31 Å². The Hall–Kier alpha value is -1.90. The second kappa shape index (κ2) is 10.6. The lowest BCUT2D eigenvalue weighted by Crippen LogP contribution is -2.42. The number of nitrogens with one attached hydrogen (secondary N) is 1. The summed E-state index contributed by atoms with van der Waals surface area (Å²) in [5.41, 5.74) is 1.18. The van der Waals surface area contributed by atoms with E-state index in [1.54, 1.807) is 22.5 Å².